The molecule has 3 heteroatoms. The van der Waals surface area contributed by atoms with E-state index < -0.39 is 6.10 Å². The summed E-state index contributed by atoms with van der Waals surface area (Å²) in [6, 6.07) is 6.23. The molecule has 0 radical (unpaired) electrons. The van der Waals surface area contributed by atoms with Crippen molar-refractivity contribution in [3.8, 4) is 0 Å². The Hall–Kier alpha value is -0.540. The molecule has 0 amide bonds. The van der Waals surface area contributed by atoms with Crippen LogP contribution in [-0.4, -0.2) is 18.2 Å². The third kappa shape index (κ3) is 4.23. The predicted molar refractivity (Wildman–Crippen MR) is 93.8 cm³/mol. The van der Waals surface area contributed by atoms with E-state index in [-0.39, 0.29) is 0 Å². The number of aliphatic hydroxyl groups excluding tert-OH is 1. The lowest BCUT2D eigenvalue weighted by Crippen LogP contribution is -2.26. The fourth-order valence-electron chi connectivity index (χ4n) is 3.24. The van der Waals surface area contributed by atoms with E-state index in [0.717, 1.165) is 29.0 Å². The number of hydrogen-bond acceptors (Lipinski definition) is 2. The van der Waals surface area contributed by atoms with E-state index in [9.17, 15) is 5.11 Å². The van der Waals surface area contributed by atoms with Gasteiger partial charge in [-0.25, -0.2) is 0 Å². The second kappa shape index (κ2) is 6.70. The lowest BCUT2D eigenvalue weighted by Gasteiger charge is -2.30. The minimum absolute atomic E-state index is 0.406. The van der Waals surface area contributed by atoms with Crippen molar-refractivity contribution in [1.82, 2.24) is 0 Å². The van der Waals surface area contributed by atoms with Gasteiger partial charge in [0.05, 0.1) is 11.8 Å². The van der Waals surface area contributed by atoms with Crippen LogP contribution in [0, 0.1) is 11.3 Å². The van der Waals surface area contributed by atoms with Crippen LogP contribution < -0.4 is 4.90 Å². The Bertz CT molecular complexity index is 479. The van der Waals surface area contributed by atoms with Crippen molar-refractivity contribution >= 4 is 21.6 Å². The molecule has 1 saturated heterocycles. The van der Waals surface area contributed by atoms with E-state index in [1.54, 1.807) is 6.92 Å². The molecule has 1 aliphatic rings. The lowest BCUT2D eigenvalue weighted by molar-refractivity contribution is 0.199. The van der Waals surface area contributed by atoms with Gasteiger partial charge in [-0.15, -0.1) is 0 Å². The molecule has 1 unspecified atom stereocenters. The highest BCUT2D eigenvalue weighted by atomic mass is 79.9. The summed E-state index contributed by atoms with van der Waals surface area (Å²) in [6.07, 6.45) is 3.43. The van der Waals surface area contributed by atoms with Crippen LogP contribution in [0.25, 0.3) is 0 Å². The molecule has 2 rings (SSSR count). The van der Waals surface area contributed by atoms with Gasteiger partial charge in [-0.1, -0.05) is 26.8 Å². The third-order valence-electron chi connectivity index (χ3n) is 4.75. The number of benzene rings is 1. The Labute approximate surface area is 137 Å². The molecule has 1 fully saturated rings. The van der Waals surface area contributed by atoms with Gasteiger partial charge in [-0.2, -0.15) is 0 Å². The molecular formula is C18H28BrNO. The fourth-order valence-corrected chi connectivity index (χ4v) is 3.89. The second-order valence-electron chi connectivity index (χ2n) is 7.37. The average molecular weight is 354 g/mol. The van der Waals surface area contributed by atoms with E-state index in [0.29, 0.717) is 5.41 Å². The van der Waals surface area contributed by atoms with Gasteiger partial charge < -0.3 is 10.0 Å². The largest absolute Gasteiger partial charge is 0.389 e. The van der Waals surface area contributed by atoms with E-state index in [1.165, 1.54) is 24.9 Å². The van der Waals surface area contributed by atoms with Crippen molar-refractivity contribution in [2.75, 3.05) is 18.0 Å². The maximum Gasteiger partial charge on any atom is 0.0762 e. The first-order valence-corrected chi connectivity index (χ1v) is 8.81. The molecular weight excluding hydrogens is 326 g/mol. The van der Waals surface area contributed by atoms with Gasteiger partial charge >= 0.3 is 0 Å². The summed E-state index contributed by atoms with van der Waals surface area (Å²) < 4.78 is 1.09. The number of hydrogen-bond donors (Lipinski definition) is 1. The Morgan fingerprint density at radius 1 is 1.24 bits per heavy atom. The number of rotatable bonds is 2. The Morgan fingerprint density at radius 2 is 1.95 bits per heavy atom. The highest BCUT2D eigenvalue weighted by Gasteiger charge is 2.27. The van der Waals surface area contributed by atoms with E-state index >= 15 is 0 Å². The van der Waals surface area contributed by atoms with Crippen molar-refractivity contribution in [2.45, 2.75) is 53.1 Å². The molecule has 0 bridgehead atoms. The first kappa shape index (κ1) is 16.8. The molecule has 118 valence electrons. The van der Waals surface area contributed by atoms with E-state index in [1.807, 2.05) is 12.1 Å². The van der Waals surface area contributed by atoms with Gasteiger partial charge in [-0.3, -0.25) is 0 Å². The van der Waals surface area contributed by atoms with Crippen molar-refractivity contribution in [3.05, 3.63) is 28.2 Å². The molecule has 0 saturated carbocycles. The van der Waals surface area contributed by atoms with E-state index in [2.05, 4.69) is 47.7 Å². The molecule has 1 aromatic rings. The molecule has 1 aromatic carbocycles. The zero-order chi connectivity index (χ0) is 15.6. The van der Waals surface area contributed by atoms with Crippen molar-refractivity contribution < 1.29 is 5.11 Å². The highest BCUT2D eigenvalue weighted by molar-refractivity contribution is 9.10. The summed E-state index contributed by atoms with van der Waals surface area (Å²) >= 11 is 3.68. The number of halogens is 1. The van der Waals surface area contributed by atoms with Crippen LogP contribution in [0.1, 0.15) is 58.6 Å². The lowest BCUT2D eigenvalue weighted by atomic mass is 9.77. The predicted octanol–water partition coefficient (Wildman–Crippen LogP) is 5.16. The topological polar surface area (TPSA) is 23.5 Å². The van der Waals surface area contributed by atoms with Gasteiger partial charge in [0.2, 0.25) is 0 Å². The molecule has 1 aliphatic heterocycles. The summed E-state index contributed by atoms with van der Waals surface area (Å²) in [4.78, 5) is 2.49. The molecule has 0 spiro atoms. The summed E-state index contributed by atoms with van der Waals surface area (Å²) in [5.41, 5.74) is 2.63. The van der Waals surface area contributed by atoms with Crippen molar-refractivity contribution in [3.63, 3.8) is 0 Å². The smallest absolute Gasteiger partial charge is 0.0762 e. The maximum atomic E-state index is 9.68. The first-order valence-electron chi connectivity index (χ1n) is 8.01. The van der Waals surface area contributed by atoms with Crippen molar-refractivity contribution in [2.24, 2.45) is 11.3 Å². The molecule has 0 aromatic heterocycles. The monoisotopic (exact) mass is 353 g/mol. The quantitative estimate of drug-likeness (QED) is 0.793. The third-order valence-corrected chi connectivity index (χ3v) is 5.38. The standard InChI is InChI=1S/C18H28BrNO/c1-13(21)14-7-8-17(16(19)12-14)20-10-5-6-15(9-11-20)18(2,3)4/h7-8,12-13,15,21H,5-6,9-11H2,1-4H3/t13-,15?/m1/s1. The van der Waals surface area contributed by atoms with Gasteiger partial charge in [0.15, 0.2) is 0 Å². The van der Waals surface area contributed by atoms with Gasteiger partial charge in [0.25, 0.3) is 0 Å². The summed E-state index contributed by atoms with van der Waals surface area (Å²) in [5.74, 6) is 0.804. The second-order valence-corrected chi connectivity index (χ2v) is 8.22. The SMILES string of the molecule is C[C@@H](O)c1ccc(N2CCCC(C(C)(C)C)CC2)c(Br)c1. The average Bonchev–Trinajstić information content (AvgIpc) is 2.63. The van der Waals surface area contributed by atoms with Crippen LogP contribution in [0.3, 0.4) is 0 Å². The van der Waals surface area contributed by atoms with Crippen LogP contribution in [0.2, 0.25) is 0 Å². The van der Waals surface area contributed by atoms with Crippen LogP contribution in [0.15, 0.2) is 22.7 Å². The fraction of sp³-hybridized carbons (Fsp3) is 0.667. The molecule has 1 heterocycles. The molecule has 2 nitrogen and oxygen atoms in total. The molecule has 0 aliphatic carbocycles. The van der Waals surface area contributed by atoms with E-state index in [4.69, 9.17) is 0 Å². The molecule has 21 heavy (non-hydrogen) atoms. The minimum atomic E-state index is -0.412. The van der Waals surface area contributed by atoms with Gasteiger partial charge in [-0.05, 0) is 71.1 Å². The van der Waals surface area contributed by atoms with Crippen LogP contribution in [0.4, 0.5) is 5.69 Å². The summed E-state index contributed by atoms with van der Waals surface area (Å²) in [7, 11) is 0. The first-order chi connectivity index (χ1) is 9.79. The van der Waals surface area contributed by atoms with Gasteiger partial charge in [0.1, 0.15) is 0 Å². The Kier molecular flexibility index (Phi) is 5.37. The summed E-state index contributed by atoms with van der Waals surface area (Å²) in [6.45, 7) is 11.1. The Morgan fingerprint density at radius 3 is 2.52 bits per heavy atom. The van der Waals surface area contributed by atoms with Crippen LogP contribution in [-0.2, 0) is 0 Å². The normalized spacial score (nSPS) is 22.0. The minimum Gasteiger partial charge on any atom is -0.389 e. The molecule has 1 N–H and O–H groups in total. The molecule has 2 atom stereocenters. The van der Waals surface area contributed by atoms with Crippen LogP contribution >= 0.6 is 15.9 Å². The number of nitrogens with zero attached hydrogens (tertiary/aromatic N) is 1. The number of anilines is 1. The van der Waals surface area contributed by atoms with Crippen molar-refractivity contribution in [1.29, 1.82) is 0 Å². The zero-order valence-electron chi connectivity index (χ0n) is 13.7. The van der Waals surface area contributed by atoms with Gasteiger partial charge in [0, 0.05) is 17.6 Å². The maximum absolute atomic E-state index is 9.68. The number of aliphatic hydroxyl groups is 1. The highest BCUT2D eigenvalue weighted by Crippen LogP contribution is 2.37. The zero-order valence-corrected chi connectivity index (χ0v) is 15.3. The Balaban J connectivity index is 2.12. The van der Waals surface area contributed by atoms with Crippen LogP contribution in [0.5, 0.6) is 0 Å². The summed E-state index contributed by atoms with van der Waals surface area (Å²) in [5, 5.41) is 9.68.